The topological polar surface area (TPSA) is 101 Å². The standard InChI is InChI=1S/C24H30F2N6O2/c1-33-11-10-31-7-6-20-21(15-31)29-23(16(13-27)14-28)24(30-20)32-8-4-18(5-9-32)34-22-3-2-17(25)12-19(22)26/h2-3,12-14,18,27H,4-11,15,28H2,1H3/b16-14+,27-13?. The van der Waals surface area contributed by atoms with Crippen molar-refractivity contribution in [2.24, 2.45) is 5.73 Å². The molecule has 2 aromatic rings. The number of nitrogens with zero attached hydrogens (tertiary/aromatic N) is 4. The highest BCUT2D eigenvalue weighted by atomic mass is 19.1. The minimum atomic E-state index is -0.700. The zero-order valence-corrected chi connectivity index (χ0v) is 19.3. The number of anilines is 1. The van der Waals surface area contributed by atoms with Crippen LogP contribution in [0.4, 0.5) is 14.6 Å². The summed E-state index contributed by atoms with van der Waals surface area (Å²) in [5, 5.41) is 7.80. The molecule has 2 aliphatic heterocycles. The van der Waals surface area contributed by atoms with Crippen molar-refractivity contribution in [3.05, 3.63) is 53.1 Å². The molecule has 1 aromatic carbocycles. The lowest BCUT2D eigenvalue weighted by molar-refractivity contribution is 0.139. The molecule has 3 N–H and O–H groups in total. The van der Waals surface area contributed by atoms with Gasteiger partial charge in [-0.25, -0.2) is 18.7 Å². The molecular formula is C24H30F2N6O2. The summed E-state index contributed by atoms with van der Waals surface area (Å²) in [6.45, 7) is 4.29. The molecule has 0 bridgehead atoms. The molecule has 34 heavy (non-hydrogen) atoms. The molecule has 0 unspecified atom stereocenters. The first kappa shape index (κ1) is 24.0. The number of hydrogen-bond donors (Lipinski definition) is 2. The second-order valence-electron chi connectivity index (χ2n) is 8.45. The Labute approximate surface area is 197 Å². The lowest BCUT2D eigenvalue weighted by atomic mass is 10.1. The number of benzene rings is 1. The minimum absolute atomic E-state index is 0.0595. The highest BCUT2D eigenvalue weighted by molar-refractivity contribution is 6.09. The fraction of sp³-hybridized carbons (Fsp3) is 0.458. The number of hydrogen-bond acceptors (Lipinski definition) is 8. The van der Waals surface area contributed by atoms with Crippen LogP contribution in [0.2, 0.25) is 0 Å². The number of rotatable bonds is 8. The molecular weight excluding hydrogens is 442 g/mol. The monoisotopic (exact) mass is 472 g/mol. The minimum Gasteiger partial charge on any atom is -0.487 e. The number of allylic oxidation sites excluding steroid dienone is 1. The van der Waals surface area contributed by atoms with Crippen LogP contribution in [0.15, 0.2) is 24.4 Å². The summed E-state index contributed by atoms with van der Waals surface area (Å²) in [6.07, 6.45) is 4.46. The molecule has 0 atom stereocenters. The van der Waals surface area contributed by atoms with Crippen molar-refractivity contribution in [3.63, 3.8) is 0 Å². The Hall–Kier alpha value is -3.11. The number of aromatic nitrogens is 2. The van der Waals surface area contributed by atoms with Gasteiger partial charge in [-0.1, -0.05) is 0 Å². The van der Waals surface area contributed by atoms with Gasteiger partial charge in [-0.2, -0.15) is 0 Å². The van der Waals surface area contributed by atoms with Crippen LogP contribution >= 0.6 is 0 Å². The molecule has 182 valence electrons. The van der Waals surface area contributed by atoms with E-state index in [9.17, 15) is 8.78 Å². The van der Waals surface area contributed by atoms with E-state index in [0.717, 1.165) is 37.0 Å². The highest BCUT2D eigenvalue weighted by Gasteiger charge is 2.28. The van der Waals surface area contributed by atoms with Crippen molar-refractivity contribution in [2.75, 3.05) is 44.8 Å². The number of fused-ring (bicyclic) bond motifs is 1. The van der Waals surface area contributed by atoms with E-state index in [4.69, 9.17) is 30.6 Å². The fourth-order valence-corrected chi connectivity index (χ4v) is 4.33. The van der Waals surface area contributed by atoms with E-state index in [1.165, 1.54) is 24.5 Å². The van der Waals surface area contributed by atoms with E-state index in [1.54, 1.807) is 7.11 Å². The van der Waals surface area contributed by atoms with E-state index in [-0.39, 0.29) is 11.9 Å². The highest BCUT2D eigenvalue weighted by Crippen LogP contribution is 2.30. The van der Waals surface area contributed by atoms with Gasteiger partial charge in [0.15, 0.2) is 17.4 Å². The summed E-state index contributed by atoms with van der Waals surface area (Å²) in [7, 11) is 1.69. The summed E-state index contributed by atoms with van der Waals surface area (Å²) >= 11 is 0. The van der Waals surface area contributed by atoms with Crippen molar-refractivity contribution in [3.8, 4) is 5.75 Å². The van der Waals surface area contributed by atoms with Crippen LogP contribution in [0.1, 0.15) is 29.9 Å². The van der Waals surface area contributed by atoms with Gasteiger partial charge in [0.2, 0.25) is 0 Å². The SMILES string of the molecule is COCCN1CCc2nc(N3CCC(Oc4ccc(F)cc4F)CC3)c(/C(C=N)=C/N)nc2C1. The Morgan fingerprint density at radius 3 is 2.68 bits per heavy atom. The van der Waals surface area contributed by atoms with Gasteiger partial charge in [-0.05, 0) is 12.1 Å². The van der Waals surface area contributed by atoms with Gasteiger partial charge in [-0.3, -0.25) is 4.90 Å². The maximum absolute atomic E-state index is 14.0. The molecule has 1 fully saturated rings. The Bertz CT molecular complexity index is 1060. The lowest BCUT2D eigenvalue weighted by Gasteiger charge is -2.35. The van der Waals surface area contributed by atoms with Crippen molar-refractivity contribution in [1.29, 1.82) is 5.41 Å². The number of halogens is 2. The fourth-order valence-electron chi connectivity index (χ4n) is 4.33. The largest absolute Gasteiger partial charge is 0.487 e. The van der Waals surface area contributed by atoms with Gasteiger partial charge in [0.1, 0.15) is 17.6 Å². The molecule has 10 heteroatoms. The predicted molar refractivity (Wildman–Crippen MR) is 126 cm³/mol. The summed E-state index contributed by atoms with van der Waals surface area (Å²) in [5.74, 6) is -0.566. The van der Waals surface area contributed by atoms with E-state index in [1.807, 2.05) is 0 Å². The smallest absolute Gasteiger partial charge is 0.167 e. The molecule has 4 rings (SSSR count). The Morgan fingerprint density at radius 1 is 1.21 bits per heavy atom. The van der Waals surface area contributed by atoms with Crippen LogP contribution in [0.5, 0.6) is 5.75 Å². The molecule has 0 amide bonds. The molecule has 8 nitrogen and oxygen atoms in total. The third-order valence-electron chi connectivity index (χ3n) is 6.22. The summed E-state index contributed by atoms with van der Waals surface area (Å²) < 4.78 is 38.1. The number of methoxy groups -OCH3 is 1. The van der Waals surface area contributed by atoms with Gasteiger partial charge in [-0.15, -0.1) is 0 Å². The van der Waals surface area contributed by atoms with E-state index in [0.29, 0.717) is 56.2 Å². The second-order valence-corrected chi connectivity index (χ2v) is 8.45. The lowest BCUT2D eigenvalue weighted by Crippen LogP contribution is -2.40. The molecule has 0 spiro atoms. The second kappa shape index (κ2) is 10.9. The maximum Gasteiger partial charge on any atom is 0.167 e. The van der Waals surface area contributed by atoms with Crippen LogP contribution in [0, 0.1) is 17.0 Å². The van der Waals surface area contributed by atoms with Crippen molar-refractivity contribution >= 4 is 17.6 Å². The van der Waals surface area contributed by atoms with Gasteiger partial charge in [0.25, 0.3) is 0 Å². The quantitative estimate of drug-likeness (QED) is 0.570. The molecule has 1 aromatic heterocycles. The van der Waals surface area contributed by atoms with Crippen molar-refractivity contribution < 1.29 is 18.3 Å². The zero-order valence-electron chi connectivity index (χ0n) is 19.3. The first-order valence-electron chi connectivity index (χ1n) is 11.4. The predicted octanol–water partition coefficient (Wildman–Crippen LogP) is 2.76. The first-order chi connectivity index (χ1) is 16.5. The molecule has 0 radical (unpaired) electrons. The van der Waals surface area contributed by atoms with Crippen LogP contribution < -0.4 is 15.4 Å². The number of nitrogens with two attached hydrogens (primary N) is 1. The number of nitrogens with one attached hydrogen (secondary N) is 1. The van der Waals surface area contributed by atoms with Crippen LogP contribution in [0.25, 0.3) is 5.57 Å². The molecule has 3 heterocycles. The van der Waals surface area contributed by atoms with Crippen LogP contribution in [-0.4, -0.2) is 67.1 Å². The Morgan fingerprint density at radius 2 is 2.00 bits per heavy atom. The number of piperidine rings is 1. The van der Waals surface area contributed by atoms with E-state index in [2.05, 4.69) is 9.80 Å². The van der Waals surface area contributed by atoms with E-state index < -0.39 is 11.6 Å². The number of ether oxygens (including phenoxy) is 2. The third kappa shape index (κ3) is 5.34. The average Bonchev–Trinajstić information content (AvgIpc) is 2.85. The summed E-state index contributed by atoms with van der Waals surface area (Å²) in [5.41, 5.74) is 8.76. The normalized spacial score (nSPS) is 17.5. The van der Waals surface area contributed by atoms with Crippen molar-refractivity contribution in [2.45, 2.75) is 31.9 Å². The zero-order chi connectivity index (χ0) is 24.1. The summed E-state index contributed by atoms with van der Waals surface area (Å²) in [6, 6.07) is 3.34. The molecule has 2 aliphatic rings. The Balaban J connectivity index is 1.51. The van der Waals surface area contributed by atoms with Gasteiger partial charge in [0.05, 0.1) is 18.0 Å². The first-order valence-corrected chi connectivity index (χ1v) is 11.4. The maximum atomic E-state index is 14.0. The van der Waals surface area contributed by atoms with Gasteiger partial charge >= 0.3 is 0 Å². The van der Waals surface area contributed by atoms with Crippen molar-refractivity contribution in [1.82, 2.24) is 14.9 Å². The third-order valence-corrected chi connectivity index (χ3v) is 6.22. The molecule has 0 saturated carbocycles. The molecule has 1 saturated heterocycles. The average molecular weight is 473 g/mol. The Kier molecular flexibility index (Phi) is 7.69. The molecule has 0 aliphatic carbocycles. The van der Waals surface area contributed by atoms with E-state index >= 15 is 0 Å². The van der Waals surface area contributed by atoms with Gasteiger partial charge < -0.3 is 25.5 Å². The van der Waals surface area contributed by atoms with Crippen LogP contribution in [-0.2, 0) is 17.7 Å². The summed E-state index contributed by atoms with van der Waals surface area (Å²) in [4.78, 5) is 14.3. The van der Waals surface area contributed by atoms with Gasteiger partial charge in [0, 0.05) is 83.2 Å². The van der Waals surface area contributed by atoms with Crippen LogP contribution in [0.3, 0.4) is 0 Å².